The predicted octanol–water partition coefficient (Wildman–Crippen LogP) is -0.638. The van der Waals surface area contributed by atoms with Gasteiger partial charge in [-0.3, -0.25) is 19.1 Å². The molecule has 8 nitrogen and oxygen atoms in total. The average molecular weight is 344 g/mol. The molecule has 1 amide bonds. The molecule has 0 aliphatic carbocycles. The summed E-state index contributed by atoms with van der Waals surface area (Å²) in [6.45, 7) is 2.25. The maximum atomic E-state index is 12.7. The van der Waals surface area contributed by atoms with Gasteiger partial charge in [0.05, 0.1) is 12.1 Å². The number of aliphatic hydroxyl groups is 1. The molecule has 0 spiro atoms. The highest BCUT2D eigenvalue weighted by atomic mass is 16.3. The lowest BCUT2D eigenvalue weighted by Gasteiger charge is -2.19. The summed E-state index contributed by atoms with van der Waals surface area (Å²) in [6.07, 6.45) is -0.899. The van der Waals surface area contributed by atoms with Gasteiger partial charge in [0.2, 0.25) is 0 Å². The van der Waals surface area contributed by atoms with Gasteiger partial charge in [0, 0.05) is 37.0 Å². The first kappa shape index (κ1) is 17.1. The van der Waals surface area contributed by atoms with Crippen molar-refractivity contribution in [3.05, 3.63) is 68.0 Å². The van der Waals surface area contributed by atoms with Crippen molar-refractivity contribution in [1.29, 1.82) is 0 Å². The molecule has 1 aromatic heterocycles. The molecule has 1 fully saturated rings. The van der Waals surface area contributed by atoms with E-state index in [9.17, 15) is 19.5 Å². The molecule has 3 rings (SSSR count). The molecule has 2 heterocycles. The van der Waals surface area contributed by atoms with Crippen LogP contribution in [0.5, 0.6) is 0 Å². The van der Waals surface area contributed by atoms with Gasteiger partial charge >= 0.3 is 5.69 Å². The van der Waals surface area contributed by atoms with E-state index < -0.39 is 23.4 Å². The van der Waals surface area contributed by atoms with Gasteiger partial charge in [0.25, 0.3) is 11.5 Å². The standard InChI is InChI=1S/C17H20N4O4/c1-10-5-15(23)19-17(25)21(10)13-8-20(9-14(13)22)16(24)12-4-2-3-11(6-12)7-18/h2-6,13-14,22H,7-9,18H2,1H3,(H,19,23,25)/t13-,14-/m1/s1. The van der Waals surface area contributed by atoms with Crippen molar-refractivity contribution in [2.75, 3.05) is 13.1 Å². The van der Waals surface area contributed by atoms with E-state index in [2.05, 4.69) is 4.98 Å². The highest BCUT2D eigenvalue weighted by Gasteiger charge is 2.36. The molecule has 8 heteroatoms. The van der Waals surface area contributed by atoms with Gasteiger partial charge in [0.15, 0.2) is 0 Å². The smallest absolute Gasteiger partial charge is 0.328 e. The number of benzene rings is 1. The van der Waals surface area contributed by atoms with E-state index in [-0.39, 0.29) is 19.0 Å². The molecule has 0 saturated carbocycles. The van der Waals surface area contributed by atoms with Gasteiger partial charge in [-0.05, 0) is 24.6 Å². The van der Waals surface area contributed by atoms with Gasteiger partial charge < -0.3 is 15.7 Å². The van der Waals surface area contributed by atoms with Gasteiger partial charge in [-0.1, -0.05) is 12.1 Å². The highest BCUT2D eigenvalue weighted by Crippen LogP contribution is 2.23. The summed E-state index contributed by atoms with van der Waals surface area (Å²) < 4.78 is 1.33. The Labute approximate surface area is 143 Å². The Kier molecular flexibility index (Phi) is 4.56. The summed E-state index contributed by atoms with van der Waals surface area (Å²) in [5.74, 6) is -0.230. The highest BCUT2D eigenvalue weighted by molar-refractivity contribution is 5.94. The van der Waals surface area contributed by atoms with Crippen molar-refractivity contribution in [1.82, 2.24) is 14.5 Å². The summed E-state index contributed by atoms with van der Waals surface area (Å²) in [5.41, 5.74) is 6.30. The van der Waals surface area contributed by atoms with Crippen LogP contribution < -0.4 is 17.0 Å². The van der Waals surface area contributed by atoms with Gasteiger partial charge in [0.1, 0.15) is 0 Å². The molecule has 2 atom stereocenters. The van der Waals surface area contributed by atoms with E-state index in [1.807, 2.05) is 6.07 Å². The second-order valence-corrected chi connectivity index (χ2v) is 6.20. The summed E-state index contributed by atoms with van der Waals surface area (Å²) in [4.78, 5) is 39.9. The lowest BCUT2D eigenvalue weighted by molar-refractivity contribution is 0.0764. The number of hydrogen-bond acceptors (Lipinski definition) is 5. The Balaban J connectivity index is 1.88. The van der Waals surface area contributed by atoms with E-state index in [0.717, 1.165) is 5.56 Å². The molecule has 0 bridgehead atoms. The number of nitrogens with one attached hydrogen (secondary N) is 1. The number of nitrogens with zero attached hydrogens (tertiary/aromatic N) is 2. The van der Waals surface area contributed by atoms with Crippen LogP contribution >= 0.6 is 0 Å². The summed E-state index contributed by atoms with van der Waals surface area (Å²) in [6, 6.07) is 7.70. The first-order valence-electron chi connectivity index (χ1n) is 7.99. The number of carbonyl (C=O) groups is 1. The Morgan fingerprint density at radius 3 is 2.76 bits per heavy atom. The minimum Gasteiger partial charge on any atom is -0.389 e. The molecule has 0 radical (unpaired) electrons. The number of hydrogen-bond donors (Lipinski definition) is 3. The summed E-state index contributed by atoms with van der Waals surface area (Å²) >= 11 is 0. The molecule has 132 valence electrons. The third kappa shape index (κ3) is 3.26. The van der Waals surface area contributed by atoms with Crippen LogP contribution in [0.1, 0.15) is 27.7 Å². The number of likely N-dealkylation sites (tertiary alicyclic amines) is 1. The second kappa shape index (κ2) is 6.66. The third-order valence-corrected chi connectivity index (χ3v) is 4.46. The van der Waals surface area contributed by atoms with Crippen LogP contribution in [-0.4, -0.2) is 44.7 Å². The first-order chi connectivity index (χ1) is 11.9. The number of aryl methyl sites for hydroxylation is 1. The lowest BCUT2D eigenvalue weighted by Crippen LogP contribution is -2.38. The maximum Gasteiger partial charge on any atom is 0.328 e. The Morgan fingerprint density at radius 1 is 1.32 bits per heavy atom. The van der Waals surface area contributed by atoms with Crippen LogP contribution in [0.2, 0.25) is 0 Å². The molecule has 1 aromatic carbocycles. The zero-order valence-electron chi connectivity index (χ0n) is 13.8. The molecule has 0 unspecified atom stereocenters. The topological polar surface area (TPSA) is 121 Å². The van der Waals surface area contributed by atoms with Gasteiger partial charge in [-0.2, -0.15) is 0 Å². The van der Waals surface area contributed by atoms with Crippen molar-refractivity contribution >= 4 is 5.91 Å². The van der Waals surface area contributed by atoms with Crippen LogP contribution in [0.15, 0.2) is 39.9 Å². The summed E-state index contributed by atoms with van der Waals surface area (Å²) in [7, 11) is 0. The van der Waals surface area contributed by atoms with Crippen LogP contribution in [-0.2, 0) is 6.54 Å². The number of β-amino-alcohol motifs (C(OH)–C–C–N with tert-alkyl or cyclic N) is 1. The molecule has 1 aliphatic rings. The minimum absolute atomic E-state index is 0.112. The number of aliphatic hydroxyl groups excluding tert-OH is 1. The molecular weight excluding hydrogens is 324 g/mol. The number of carbonyl (C=O) groups excluding carboxylic acids is 1. The van der Waals surface area contributed by atoms with E-state index in [4.69, 9.17) is 5.73 Å². The number of aromatic nitrogens is 2. The van der Waals surface area contributed by atoms with Crippen LogP contribution in [0, 0.1) is 6.92 Å². The van der Waals surface area contributed by atoms with Crippen LogP contribution in [0.4, 0.5) is 0 Å². The molecule has 1 aliphatic heterocycles. The van der Waals surface area contributed by atoms with Gasteiger partial charge in [-0.15, -0.1) is 0 Å². The Morgan fingerprint density at radius 2 is 2.08 bits per heavy atom. The Hall–Kier alpha value is -2.71. The first-order valence-corrected chi connectivity index (χ1v) is 7.99. The molecule has 2 aromatic rings. The fourth-order valence-corrected chi connectivity index (χ4v) is 3.24. The monoisotopic (exact) mass is 344 g/mol. The van der Waals surface area contributed by atoms with Crippen molar-refractivity contribution in [3.8, 4) is 0 Å². The average Bonchev–Trinajstić information content (AvgIpc) is 2.95. The van der Waals surface area contributed by atoms with Gasteiger partial charge in [-0.25, -0.2) is 4.79 Å². The second-order valence-electron chi connectivity index (χ2n) is 6.20. The lowest BCUT2D eigenvalue weighted by atomic mass is 10.1. The largest absolute Gasteiger partial charge is 0.389 e. The Bertz CT molecular complexity index is 917. The van der Waals surface area contributed by atoms with Crippen LogP contribution in [0.3, 0.4) is 0 Å². The van der Waals surface area contributed by atoms with E-state index in [0.29, 0.717) is 17.8 Å². The van der Waals surface area contributed by atoms with Crippen molar-refractivity contribution in [2.45, 2.75) is 25.6 Å². The number of nitrogens with two attached hydrogens (primary N) is 1. The third-order valence-electron chi connectivity index (χ3n) is 4.46. The molecule has 1 saturated heterocycles. The SMILES string of the molecule is Cc1cc(=O)[nH]c(=O)n1[C@@H]1CN(C(=O)c2cccc(CN)c2)C[C@H]1O. The van der Waals surface area contributed by atoms with E-state index in [1.54, 1.807) is 25.1 Å². The number of amides is 1. The summed E-state index contributed by atoms with van der Waals surface area (Å²) in [5, 5.41) is 10.4. The minimum atomic E-state index is -0.899. The number of rotatable bonds is 3. The number of aromatic amines is 1. The van der Waals surface area contributed by atoms with Crippen molar-refractivity contribution < 1.29 is 9.90 Å². The normalized spacial score (nSPS) is 20.0. The van der Waals surface area contributed by atoms with E-state index >= 15 is 0 Å². The fraction of sp³-hybridized carbons (Fsp3) is 0.353. The predicted molar refractivity (Wildman–Crippen MR) is 91.3 cm³/mol. The maximum absolute atomic E-state index is 12.7. The van der Waals surface area contributed by atoms with Crippen molar-refractivity contribution in [3.63, 3.8) is 0 Å². The zero-order chi connectivity index (χ0) is 18.1. The molecular formula is C17H20N4O4. The van der Waals surface area contributed by atoms with E-state index in [1.165, 1.54) is 15.5 Å². The van der Waals surface area contributed by atoms with Crippen molar-refractivity contribution in [2.24, 2.45) is 5.73 Å². The molecule has 4 N–H and O–H groups in total. The van der Waals surface area contributed by atoms with Crippen LogP contribution in [0.25, 0.3) is 0 Å². The quantitative estimate of drug-likeness (QED) is 0.684. The molecule has 25 heavy (non-hydrogen) atoms. The zero-order valence-corrected chi connectivity index (χ0v) is 13.8. The fourth-order valence-electron chi connectivity index (χ4n) is 3.24. The number of H-pyrrole nitrogens is 1.